The first-order chi connectivity index (χ1) is 15.3. The molecule has 1 aromatic heterocycles. The first kappa shape index (κ1) is 22.1. The van der Waals surface area contributed by atoms with E-state index in [1.54, 1.807) is 23.1 Å². The molecule has 0 aliphatic carbocycles. The van der Waals surface area contributed by atoms with Gasteiger partial charge in [0, 0.05) is 19.2 Å². The summed E-state index contributed by atoms with van der Waals surface area (Å²) in [6, 6.07) is 12.9. The van der Waals surface area contributed by atoms with E-state index in [2.05, 4.69) is 26.0 Å². The highest BCUT2D eigenvalue weighted by Gasteiger charge is 2.42. The number of ether oxygens (including phenoxy) is 1. The third-order valence-corrected chi connectivity index (χ3v) is 5.96. The molecule has 0 spiro atoms. The summed E-state index contributed by atoms with van der Waals surface area (Å²) in [5.74, 6) is 0.896. The number of amides is 1. The van der Waals surface area contributed by atoms with E-state index in [9.17, 15) is 9.59 Å². The Labute approximate surface area is 188 Å². The number of benzene rings is 2. The molecule has 0 radical (unpaired) electrons. The molecule has 3 aromatic rings. The summed E-state index contributed by atoms with van der Waals surface area (Å²) in [6.45, 7) is 7.86. The topological polar surface area (TPSA) is 63.0 Å². The zero-order chi connectivity index (χ0) is 23.0. The zero-order valence-electron chi connectivity index (χ0n) is 19.3. The maximum atomic E-state index is 13.6. The highest BCUT2D eigenvalue weighted by Crippen LogP contribution is 2.38. The van der Waals surface area contributed by atoms with Crippen LogP contribution in [0.3, 0.4) is 0 Å². The van der Waals surface area contributed by atoms with Crippen molar-refractivity contribution in [3.05, 3.63) is 75.1 Å². The Kier molecular flexibility index (Phi) is 6.07. The highest BCUT2D eigenvalue weighted by atomic mass is 16.5. The van der Waals surface area contributed by atoms with E-state index < -0.39 is 6.04 Å². The number of hydrogen-bond donors (Lipinski definition) is 0. The second-order valence-corrected chi connectivity index (χ2v) is 8.79. The molecule has 6 heteroatoms. The fourth-order valence-corrected chi connectivity index (χ4v) is 4.20. The molecule has 0 bridgehead atoms. The first-order valence-corrected chi connectivity index (χ1v) is 11.1. The SMILES string of the molecule is CCOc1ccc2c(=O)c3c(oc2c1)C(=O)N(CCN(C)C)C3c1ccc(C(C)C)cc1. The largest absolute Gasteiger partial charge is 0.494 e. The van der Waals surface area contributed by atoms with Crippen LogP contribution in [0.1, 0.15) is 60.0 Å². The maximum absolute atomic E-state index is 13.6. The summed E-state index contributed by atoms with van der Waals surface area (Å²) in [7, 11) is 3.93. The van der Waals surface area contributed by atoms with Crippen molar-refractivity contribution in [2.24, 2.45) is 0 Å². The highest BCUT2D eigenvalue weighted by molar-refractivity contribution is 5.99. The molecule has 1 atom stereocenters. The third kappa shape index (κ3) is 3.91. The van der Waals surface area contributed by atoms with Gasteiger partial charge in [-0.2, -0.15) is 0 Å². The van der Waals surface area contributed by atoms with Crippen LogP contribution in [0, 0.1) is 0 Å². The van der Waals surface area contributed by atoms with Gasteiger partial charge >= 0.3 is 0 Å². The lowest BCUT2D eigenvalue weighted by Gasteiger charge is -2.26. The van der Waals surface area contributed by atoms with Crippen LogP contribution in [0.5, 0.6) is 5.75 Å². The lowest BCUT2D eigenvalue weighted by Crippen LogP contribution is -2.35. The van der Waals surface area contributed by atoms with E-state index in [1.165, 1.54) is 5.56 Å². The minimum absolute atomic E-state index is 0.132. The number of likely N-dealkylation sites (N-methyl/N-ethyl adjacent to an activating group) is 1. The monoisotopic (exact) mass is 434 g/mol. The van der Waals surface area contributed by atoms with Gasteiger partial charge in [0.2, 0.25) is 5.76 Å². The summed E-state index contributed by atoms with van der Waals surface area (Å²) in [5.41, 5.74) is 2.76. The van der Waals surface area contributed by atoms with E-state index in [-0.39, 0.29) is 17.1 Å². The summed E-state index contributed by atoms with van der Waals surface area (Å²) >= 11 is 0. The lowest BCUT2D eigenvalue weighted by atomic mass is 9.95. The normalized spacial score (nSPS) is 15.8. The van der Waals surface area contributed by atoms with Gasteiger partial charge in [0.05, 0.1) is 23.6 Å². The lowest BCUT2D eigenvalue weighted by molar-refractivity contribution is 0.0716. The fraction of sp³-hybridized carbons (Fsp3) is 0.385. The molecule has 4 rings (SSSR count). The van der Waals surface area contributed by atoms with E-state index in [4.69, 9.17) is 9.15 Å². The number of nitrogens with zero attached hydrogens (tertiary/aromatic N) is 2. The molecule has 32 heavy (non-hydrogen) atoms. The van der Waals surface area contributed by atoms with Gasteiger partial charge < -0.3 is 19.0 Å². The van der Waals surface area contributed by atoms with E-state index >= 15 is 0 Å². The van der Waals surface area contributed by atoms with Crippen LogP contribution in [0.2, 0.25) is 0 Å². The number of fused-ring (bicyclic) bond motifs is 2. The molecule has 1 aliphatic heterocycles. The van der Waals surface area contributed by atoms with Crippen molar-refractivity contribution in [1.82, 2.24) is 9.80 Å². The smallest absolute Gasteiger partial charge is 0.290 e. The quantitative estimate of drug-likeness (QED) is 0.551. The van der Waals surface area contributed by atoms with E-state index in [1.807, 2.05) is 38.1 Å². The number of hydrogen-bond acceptors (Lipinski definition) is 5. The Morgan fingerprint density at radius 1 is 1.09 bits per heavy atom. The molecular weight excluding hydrogens is 404 g/mol. The van der Waals surface area contributed by atoms with Crippen molar-refractivity contribution in [2.75, 3.05) is 33.8 Å². The molecule has 1 aliphatic rings. The van der Waals surface area contributed by atoms with Crippen LogP contribution in [-0.4, -0.2) is 49.5 Å². The van der Waals surface area contributed by atoms with Crippen molar-refractivity contribution in [1.29, 1.82) is 0 Å². The van der Waals surface area contributed by atoms with Crippen molar-refractivity contribution >= 4 is 16.9 Å². The molecule has 168 valence electrons. The predicted octanol–water partition coefficient (Wildman–Crippen LogP) is 4.42. The number of carbonyl (C=O) groups is 1. The molecule has 0 N–H and O–H groups in total. The minimum atomic E-state index is -0.467. The van der Waals surface area contributed by atoms with Crippen LogP contribution in [-0.2, 0) is 0 Å². The molecule has 2 aromatic carbocycles. The average molecular weight is 435 g/mol. The summed E-state index contributed by atoms with van der Waals surface area (Å²) in [5, 5.41) is 0.457. The van der Waals surface area contributed by atoms with Crippen molar-refractivity contribution in [2.45, 2.75) is 32.7 Å². The van der Waals surface area contributed by atoms with Gasteiger partial charge in [-0.1, -0.05) is 38.1 Å². The molecule has 0 fully saturated rings. The molecule has 6 nitrogen and oxygen atoms in total. The molecule has 1 unspecified atom stereocenters. The second kappa shape index (κ2) is 8.79. The van der Waals surface area contributed by atoms with Gasteiger partial charge in [0.15, 0.2) is 5.43 Å². The van der Waals surface area contributed by atoms with Crippen LogP contribution in [0.25, 0.3) is 11.0 Å². The molecule has 0 saturated heterocycles. The van der Waals surface area contributed by atoms with Crippen LogP contribution < -0.4 is 10.2 Å². The summed E-state index contributed by atoms with van der Waals surface area (Å²) in [4.78, 5) is 30.8. The predicted molar refractivity (Wildman–Crippen MR) is 126 cm³/mol. The molecule has 1 amide bonds. The fourth-order valence-electron chi connectivity index (χ4n) is 4.20. The second-order valence-electron chi connectivity index (χ2n) is 8.79. The van der Waals surface area contributed by atoms with Gasteiger partial charge in [0.25, 0.3) is 5.91 Å². The van der Waals surface area contributed by atoms with E-state index in [0.717, 1.165) is 5.56 Å². The third-order valence-electron chi connectivity index (χ3n) is 5.96. The maximum Gasteiger partial charge on any atom is 0.290 e. The number of rotatable bonds is 7. The van der Waals surface area contributed by atoms with Gasteiger partial charge in [-0.05, 0) is 50.2 Å². The van der Waals surface area contributed by atoms with Gasteiger partial charge in [-0.25, -0.2) is 0 Å². The molecule has 2 heterocycles. The summed E-state index contributed by atoms with van der Waals surface area (Å²) < 4.78 is 11.6. The van der Waals surface area contributed by atoms with E-state index in [0.29, 0.717) is 47.9 Å². The zero-order valence-corrected chi connectivity index (χ0v) is 19.3. The van der Waals surface area contributed by atoms with Crippen LogP contribution in [0.4, 0.5) is 0 Å². The van der Waals surface area contributed by atoms with Crippen molar-refractivity contribution in [3.8, 4) is 5.75 Å². The van der Waals surface area contributed by atoms with Crippen molar-refractivity contribution in [3.63, 3.8) is 0 Å². The Balaban J connectivity index is 1.88. The van der Waals surface area contributed by atoms with Gasteiger partial charge in [0.1, 0.15) is 11.3 Å². The Hall–Kier alpha value is -3.12. The summed E-state index contributed by atoms with van der Waals surface area (Å²) in [6.07, 6.45) is 0. The number of carbonyl (C=O) groups excluding carboxylic acids is 1. The molecular formula is C26H30N2O4. The van der Waals surface area contributed by atoms with Gasteiger partial charge in [-0.15, -0.1) is 0 Å². The Bertz CT molecular complexity index is 1190. The Morgan fingerprint density at radius 3 is 2.44 bits per heavy atom. The van der Waals surface area contributed by atoms with Crippen LogP contribution >= 0.6 is 0 Å². The van der Waals surface area contributed by atoms with Crippen LogP contribution in [0.15, 0.2) is 51.7 Å². The Morgan fingerprint density at radius 2 is 1.81 bits per heavy atom. The standard InChI is InChI=1S/C26H30N2O4/c1-6-31-19-11-12-20-21(15-19)32-25-22(24(20)29)23(28(26(25)30)14-13-27(4)5)18-9-7-17(8-10-18)16(2)3/h7-12,15-16,23H,6,13-14H2,1-5H3. The first-order valence-electron chi connectivity index (χ1n) is 11.1. The average Bonchev–Trinajstić information content (AvgIpc) is 3.04. The minimum Gasteiger partial charge on any atom is -0.494 e. The molecule has 0 saturated carbocycles. The van der Waals surface area contributed by atoms with Crippen molar-refractivity contribution < 1.29 is 13.9 Å². The van der Waals surface area contributed by atoms with Gasteiger partial charge in [-0.3, -0.25) is 9.59 Å².